The van der Waals surface area contributed by atoms with E-state index >= 15 is 0 Å². The van der Waals surface area contributed by atoms with Gasteiger partial charge in [-0.25, -0.2) is 0 Å². The Morgan fingerprint density at radius 1 is 1.17 bits per heavy atom. The standard InChI is InChI=1S/C14H17NOS.ClH/c1-2-16-13-6-3-5-12(9-13)10-15-11-14-7-4-8-17-14;/h3-9,15H,2,10-11H2,1H3;1H. The van der Waals surface area contributed by atoms with Crippen LogP contribution in [0.1, 0.15) is 17.4 Å². The lowest BCUT2D eigenvalue weighted by Crippen LogP contribution is -2.11. The molecule has 0 bridgehead atoms. The number of nitrogens with one attached hydrogen (secondary N) is 1. The minimum absolute atomic E-state index is 0. The summed E-state index contributed by atoms with van der Waals surface area (Å²) in [6.07, 6.45) is 0. The van der Waals surface area contributed by atoms with Gasteiger partial charge >= 0.3 is 0 Å². The van der Waals surface area contributed by atoms with Crippen molar-refractivity contribution in [2.45, 2.75) is 20.0 Å². The molecule has 0 atom stereocenters. The zero-order chi connectivity index (χ0) is 11.9. The van der Waals surface area contributed by atoms with Gasteiger partial charge in [0.2, 0.25) is 0 Å². The summed E-state index contributed by atoms with van der Waals surface area (Å²) < 4.78 is 5.47. The Bertz CT molecular complexity index is 445. The fourth-order valence-electron chi connectivity index (χ4n) is 1.66. The lowest BCUT2D eigenvalue weighted by molar-refractivity contribution is 0.340. The van der Waals surface area contributed by atoms with E-state index in [0.29, 0.717) is 6.61 Å². The predicted octanol–water partition coefficient (Wildman–Crippen LogP) is 3.86. The lowest BCUT2D eigenvalue weighted by atomic mass is 10.2. The van der Waals surface area contributed by atoms with Gasteiger partial charge in [0.25, 0.3) is 0 Å². The van der Waals surface area contributed by atoms with E-state index in [1.54, 1.807) is 11.3 Å². The maximum atomic E-state index is 5.47. The second-order valence-corrected chi connectivity index (χ2v) is 4.80. The normalized spacial score (nSPS) is 9.83. The average molecular weight is 284 g/mol. The molecule has 0 radical (unpaired) electrons. The molecule has 1 aromatic heterocycles. The molecule has 2 aromatic rings. The van der Waals surface area contributed by atoms with Crippen LogP contribution >= 0.6 is 23.7 Å². The highest BCUT2D eigenvalue weighted by Crippen LogP contribution is 2.13. The van der Waals surface area contributed by atoms with Crippen molar-refractivity contribution in [2.75, 3.05) is 6.61 Å². The number of ether oxygens (including phenoxy) is 1. The molecule has 18 heavy (non-hydrogen) atoms. The van der Waals surface area contributed by atoms with Crippen molar-refractivity contribution in [3.8, 4) is 5.75 Å². The van der Waals surface area contributed by atoms with Crippen LogP contribution < -0.4 is 10.1 Å². The smallest absolute Gasteiger partial charge is 0.119 e. The van der Waals surface area contributed by atoms with Crippen LogP contribution in [0.2, 0.25) is 0 Å². The second kappa shape index (κ2) is 8.14. The first-order valence-corrected chi connectivity index (χ1v) is 6.71. The molecule has 1 N–H and O–H groups in total. The van der Waals surface area contributed by atoms with Gasteiger partial charge in [0.1, 0.15) is 5.75 Å². The van der Waals surface area contributed by atoms with Crippen molar-refractivity contribution in [1.82, 2.24) is 5.32 Å². The van der Waals surface area contributed by atoms with E-state index in [4.69, 9.17) is 4.74 Å². The molecular formula is C14H18ClNOS. The summed E-state index contributed by atoms with van der Waals surface area (Å²) in [5.74, 6) is 0.947. The molecule has 4 heteroatoms. The molecule has 0 aliphatic rings. The minimum atomic E-state index is 0. The lowest BCUT2D eigenvalue weighted by Gasteiger charge is -2.07. The highest BCUT2D eigenvalue weighted by atomic mass is 35.5. The molecule has 0 fully saturated rings. The largest absolute Gasteiger partial charge is 0.494 e. The SMILES string of the molecule is CCOc1cccc(CNCc2cccs2)c1.Cl. The maximum Gasteiger partial charge on any atom is 0.119 e. The van der Waals surface area contributed by atoms with Crippen molar-refractivity contribution in [2.24, 2.45) is 0 Å². The molecule has 1 aromatic carbocycles. The van der Waals surface area contributed by atoms with Crippen LogP contribution in [0.15, 0.2) is 41.8 Å². The Balaban J connectivity index is 0.00000162. The second-order valence-electron chi connectivity index (χ2n) is 3.76. The minimum Gasteiger partial charge on any atom is -0.494 e. The van der Waals surface area contributed by atoms with E-state index in [2.05, 4.69) is 35.0 Å². The van der Waals surface area contributed by atoms with Gasteiger partial charge in [-0.3, -0.25) is 0 Å². The molecule has 0 amide bonds. The Morgan fingerprint density at radius 2 is 2.06 bits per heavy atom. The molecule has 2 nitrogen and oxygen atoms in total. The molecule has 2 rings (SSSR count). The molecule has 0 spiro atoms. The zero-order valence-corrected chi connectivity index (χ0v) is 12.0. The van der Waals surface area contributed by atoms with Gasteiger partial charge in [-0.15, -0.1) is 23.7 Å². The summed E-state index contributed by atoms with van der Waals surface area (Å²) in [7, 11) is 0. The first-order chi connectivity index (χ1) is 8.38. The van der Waals surface area contributed by atoms with Gasteiger partial charge < -0.3 is 10.1 Å². The predicted molar refractivity (Wildman–Crippen MR) is 79.7 cm³/mol. The first-order valence-electron chi connectivity index (χ1n) is 5.83. The summed E-state index contributed by atoms with van der Waals surface area (Å²) in [6.45, 7) is 4.52. The van der Waals surface area contributed by atoms with Crippen molar-refractivity contribution in [3.63, 3.8) is 0 Å². The van der Waals surface area contributed by atoms with Gasteiger partial charge in [-0.2, -0.15) is 0 Å². The van der Waals surface area contributed by atoms with E-state index in [-0.39, 0.29) is 12.4 Å². The van der Waals surface area contributed by atoms with Gasteiger partial charge in [-0.1, -0.05) is 18.2 Å². The third-order valence-electron chi connectivity index (χ3n) is 2.42. The van der Waals surface area contributed by atoms with Crippen LogP contribution in [0, 0.1) is 0 Å². The number of halogens is 1. The first kappa shape index (κ1) is 15.0. The van der Waals surface area contributed by atoms with Crippen LogP contribution in [0.3, 0.4) is 0 Å². The average Bonchev–Trinajstić information content (AvgIpc) is 2.83. The highest BCUT2D eigenvalue weighted by Gasteiger charge is 1.97. The third kappa shape index (κ3) is 4.69. The zero-order valence-electron chi connectivity index (χ0n) is 10.4. The molecule has 1 heterocycles. The summed E-state index contributed by atoms with van der Waals surface area (Å²) in [5.41, 5.74) is 1.26. The monoisotopic (exact) mass is 283 g/mol. The summed E-state index contributed by atoms with van der Waals surface area (Å²) in [6, 6.07) is 12.5. The molecule has 0 aliphatic carbocycles. The number of rotatable bonds is 6. The van der Waals surface area contributed by atoms with Gasteiger partial charge in [0, 0.05) is 18.0 Å². The molecule has 0 unspecified atom stereocenters. The maximum absolute atomic E-state index is 5.47. The van der Waals surface area contributed by atoms with Crippen LogP contribution in [-0.2, 0) is 13.1 Å². The molecule has 0 aliphatic heterocycles. The van der Waals surface area contributed by atoms with Crippen molar-refractivity contribution < 1.29 is 4.74 Å². The van der Waals surface area contributed by atoms with Gasteiger partial charge in [-0.05, 0) is 36.1 Å². The number of thiophene rings is 1. The van der Waals surface area contributed by atoms with Gasteiger partial charge in [0.15, 0.2) is 0 Å². The topological polar surface area (TPSA) is 21.3 Å². The van der Waals surface area contributed by atoms with Crippen molar-refractivity contribution >= 4 is 23.7 Å². The number of hydrogen-bond donors (Lipinski definition) is 1. The highest BCUT2D eigenvalue weighted by molar-refractivity contribution is 7.09. The van der Waals surface area contributed by atoms with E-state index in [0.717, 1.165) is 18.8 Å². The van der Waals surface area contributed by atoms with Crippen LogP contribution in [-0.4, -0.2) is 6.61 Å². The summed E-state index contributed by atoms with van der Waals surface area (Å²) in [4.78, 5) is 1.37. The van der Waals surface area contributed by atoms with E-state index in [9.17, 15) is 0 Å². The Hall–Kier alpha value is -1.03. The quantitative estimate of drug-likeness (QED) is 0.869. The summed E-state index contributed by atoms with van der Waals surface area (Å²) in [5, 5.41) is 5.53. The van der Waals surface area contributed by atoms with Crippen molar-refractivity contribution in [1.29, 1.82) is 0 Å². The molecule has 0 saturated heterocycles. The fourth-order valence-corrected chi connectivity index (χ4v) is 2.33. The Labute approximate surface area is 118 Å². The molecule has 98 valence electrons. The molecular weight excluding hydrogens is 266 g/mol. The van der Waals surface area contributed by atoms with E-state index in [1.165, 1.54) is 10.4 Å². The fraction of sp³-hybridized carbons (Fsp3) is 0.286. The van der Waals surface area contributed by atoms with Crippen molar-refractivity contribution in [3.05, 3.63) is 52.2 Å². The summed E-state index contributed by atoms with van der Waals surface area (Å²) >= 11 is 1.78. The van der Waals surface area contributed by atoms with Crippen LogP contribution in [0.5, 0.6) is 5.75 Å². The molecule has 0 saturated carbocycles. The van der Waals surface area contributed by atoms with E-state index in [1.807, 2.05) is 19.1 Å². The van der Waals surface area contributed by atoms with Crippen LogP contribution in [0.4, 0.5) is 0 Å². The van der Waals surface area contributed by atoms with Gasteiger partial charge in [0.05, 0.1) is 6.61 Å². The number of benzene rings is 1. The van der Waals surface area contributed by atoms with Crippen LogP contribution in [0.25, 0.3) is 0 Å². The van der Waals surface area contributed by atoms with E-state index < -0.39 is 0 Å². The Morgan fingerprint density at radius 3 is 2.78 bits per heavy atom. The third-order valence-corrected chi connectivity index (χ3v) is 3.29. The Kier molecular flexibility index (Phi) is 6.80. The number of hydrogen-bond acceptors (Lipinski definition) is 3.